The maximum atomic E-state index is 10.8. The maximum Gasteiger partial charge on any atom is 0.130 e. The summed E-state index contributed by atoms with van der Waals surface area (Å²) in [7, 11) is 1.89. The van der Waals surface area contributed by atoms with E-state index in [0.717, 1.165) is 63.7 Å². The third-order valence-electron chi connectivity index (χ3n) is 7.01. The Morgan fingerprint density at radius 3 is 2.66 bits per heavy atom. The van der Waals surface area contributed by atoms with Crippen molar-refractivity contribution in [2.75, 3.05) is 18.0 Å². The third kappa shape index (κ3) is 3.28. The Morgan fingerprint density at radius 1 is 1.03 bits per heavy atom. The molecule has 1 saturated heterocycles. The molecular formula is C25H28N6O. The fourth-order valence-corrected chi connectivity index (χ4v) is 4.97. The molecule has 4 aromatic rings. The molecule has 32 heavy (non-hydrogen) atoms. The van der Waals surface area contributed by atoms with Gasteiger partial charge >= 0.3 is 0 Å². The highest BCUT2D eigenvalue weighted by Crippen LogP contribution is 2.36. The SMILES string of the molecule is Cc1c(O)c(-c2ccc3nc(N4CCC(NC5CCC5)C4)ccc3n2)cc2cn(C)nc12. The van der Waals surface area contributed by atoms with Crippen molar-refractivity contribution in [3.8, 4) is 17.0 Å². The number of rotatable bonds is 4. The first-order valence-corrected chi connectivity index (χ1v) is 11.5. The third-order valence-corrected chi connectivity index (χ3v) is 7.01. The van der Waals surface area contributed by atoms with Crippen LogP contribution in [0.4, 0.5) is 5.82 Å². The molecule has 0 radical (unpaired) electrons. The van der Waals surface area contributed by atoms with E-state index in [-0.39, 0.29) is 5.75 Å². The second-order valence-electron chi connectivity index (χ2n) is 9.27. The number of fused-ring (bicyclic) bond motifs is 2. The van der Waals surface area contributed by atoms with Crippen LogP contribution in [0, 0.1) is 6.92 Å². The zero-order valence-electron chi connectivity index (χ0n) is 18.5. The number of aromatic hydroxyl groups is 1. The lowest BCUT2D eigenvalue weighted by Crippen LogP contribution is -2.43. The molecule has 1 aromatic carbocycles. The van der Waals surface area contributed by atoms with E-state index in [2.05, 4.69) is 21.4 Å². The van der Waals surface area contributed by atoms with Crippen molar-refractivity contribution in [1.29, 1.82) is 0 Å². The van der Waals surface area contributed by atoms with Gasteiger partial charge in [-0.2, -0.15) is 5.10 Å². The minimum absolute atomic E-state index is 0.231. The summed E-state index contributed by atoms with van der Waals surface area (Å²) in [6, 6.07) is 11.3. The van der Waals surface area contributed by atoms with Gasteiger partial charge in [-0.1, -0.05) is 6.42 Å². The van der Waals surface area contributed by atoms with Gasteiger partial charge in [-0.15, -0.1) is 0 Å². The fraction of sp³-hybridized carbons (Fsp3) is 0.400. The first-order valence-electron chi connectivity index (χ1n) is 11.5. The maximum absolute atomic E-state index is 10.8. The van der Waals surface area contributed by atoms with E-state index in [1.54, 1.807) is 4.68 Å². The largest absolute Gasteiger partial charge is 0.507 e. The molecule has 0 amide bonds. The van der Waals surface area contributed by atoms with Crippen molar-refractivity contribution >= 4 is 27.8 Å². The Kier molecular flexibility index (Phi) is 4.54. The normalized spacial score (nSPS) is 19.2. The molecule has 164 valence electrons. The minimum Gasteiger partial charge on any atom is -0.507 e. The van der Waals surface area contributed by atoms with Gasteiger partial charge in [0.25, 0.3) is 0 Å². The summed E-state index contributed by atoms with van der Waals surface area (Å²) >= 11 is 0. The number of nitrogens with one attached hydrogen (secondary N) is 1. The first kappa shape index (κ1) is 19.5. The van der Waals surface area contributed by atoms with Crippen molar-refractivity contribution in [1.82, 2.24) is 25.1 Å². The van der Waals surface area contributed by atoms with Crippen LogP contribution in [0.2, 0.25) is 0 Å². The number of phenolic OH excluding ortho intramolecular Hbond substituents is 1. The van der Waals surface area contributed by atoms with Crippen LogP contribution in [0.3, 0.4) is 0 Å². The lowest BCUT2D eigenvalue weighted by atomic mass is 9.92. The van der Waals surface area contributed by atoms with Gasteiger partial charge in [0.2, 0.25) is 0 Å². The van der Waals surface area contributed by atoms with Crippen LogP contribution in [0.15, 0.2) is 36.5 Å². The van der Waals surface area contributed by atoms with Gasteiger partial charge in [0, 0.05) is 54.9 Å². The van der Waals surface area contributed by atoms with Crippen molar-refractivity contribution < 1.29 is 5.11 Å². The van der Waals surface area contributed by atoms with E-state index >= 15 is 0 Å². The molecule has 3 aromatic heterocycles. The van der Waals surface area contributed by atoms with E-state index in [0.29, 0.717) is 6.04 Å². The van der Waals surface area contributed by atoms with Gasteiger partial charge in [0.1, 0.15) is 11.6 Å². The number of phenols is 1. The van der Waals surface area contributed by atoms with Crippen molar-refractivity contribution in [3.05, 3.63) is 42.1 Å². The fourth-order valence-electron chi connectivity index (χ4n) is 4.97. The van der Waals surface area contributed by atoms with Crippen LogP contribution < -0.4 is 10.2 Å². The van der Waals surface area contributed by atoms with Crippen LogP contribution in [0.25, 0.3) is 33.2 Å². The smallest absolute Gasteiger partial charge is 0.130 e. The number of aryl methyl sites for hydroxylation is 2. The molecule has 7 nitrogen and oxygen atoms in total. The summed E-state index contributed by atoms with van der Waals surface area (Å²) in [5, 5.41) is 20.0. The molecule has 1 aliphatic carbocycles. The van der Waals surface area contributed by atoms with Gasteiger partial charge in [-0.05, 0) is 56.5 Å². The van der Waals surface area contributed by atoms with E-state index in [1.165, 1.54) is 25.7 Å². The molecule has 1 atom stereocenters. The molecule has 1 saturated carbocycles. The van der Waals surface area contributed by atoms with E-state index in [4.69, 9.17) is 9.97 Å². The van der Waals surface area contributed by atoms with Crippen LogP contribution in [-0.4, -0.2) is 50.0 Å². The van der Waals surface area contributed by atoms with Crippen molar-refractivity contribution in [3.63, 3.8) is 0 Å². The van der Waals surface area contributed by atoms with Gasteiger partial charge < -0.3 is 15.3 Å². The van der Waals surface area contributed by atoms with Gasteiger partial charge in [0.15, 0.2) is 0 Å². The predicted octanol–water partition coefficient (Wildman–Crippen LogP) is 3.92. The highest BCUT2D eigenvalue weighted by atomic mass is 16.3. The summed E-state index contributed by atoms with van der Waals surface area (Å²) in [6.07, 6.45) is 7.14. The molecule has 2 N–H and O–H groups in total. The molecule has 1 unspecified atom stereocenters. The van der Waals surface area contributed by atoms with E-state index < -0.39 is 0 Å². The Hall–Kier alpha value is -3.19. The number of aromatic nitrogens is 4. The minimum atomic E-state index is 0.231. The average molecular weight is 429 g/mol. The standard InChI is InChI=1S/C25H28N6O/c1-15-24-16(13-30(2)29-24)12-19(25(15)32)20-6-7-22-21(27-20)8-9-23(28-22)31-11-10-18(14-31)26-17-4-3-5-17/h6-9,12-13,17-18,26,32H,3-5,10-11,14H2,1-2H3. The number of pyridine rings is 2. The number of hydrogen-bond acceptors (Lipinski definition) is 6. The molecule has 2 fully saturated rings. The highest BCUT2D eigenvalue weighted by Gasteiger charge is 2.27. The van der Waals surface area contributed by atoms with Crippen molar-refractivity contribution in [2.45, 2.75) is 44.7 Å². The molecule has 6 rings (SSSR count). The van der Waals surface area contributed by atoms with Crippen molar-refractivity contribution in [2.24, 2.45) is 7.05 Å². The quantitative estimate of drug-likeness (QED) is 0.513. The lowest BCUT2D eigenvalue weighted by molar-refractivity contribution is 0.311. The second kappa shape index (κ2) is 7.45. The van der Waals surface area contributed by atoms with E-state index in [1.807, 2.05) is 44.4 Å². The Labute approximate surface area is 187 Å². The van der Waals surface area contributed by atoms with Crippen LogP contribution in [0.1, 0.15) is 31.2 Å². The zero-order valence-corrected chi connectivity index (χ0v) is 18.5. The van der Waals surface area contributed by atoms with Crippen LogP contribution >= 0.6 is 0 Å². The topological polar surface area (TPSA) is 79.1 Å². The first-order chi connectivity index (χ1) is 15.5. The van der Waals surface area contributed by atoms with Crippen LogP contribution in [0.5, 0.6) is 5.75 Å². The highest BCUT2D eigenvalue weighted by molar-refractivity contribution is 5.91. The molecule has 2 aliphatic rings. The number of anilines is 1. The Balaban J connectivity index is 1.29. The van der Waals surface area contributed by atoms with Gasteiger partial charge in [-0.3, -0.25) is 4.68 Å². The number of nitrogens with zero attached hydrogens (tertiary/aromatic N) is 5. The monoisotopic (exact) mass is 428 g/mol. The molecular weight excluding hydrogens is 400 g/mol. The molecule has 7 heteroatoms. The Morgan fingerprint density at radius 2 is 1.84 bits per heavy atom. The summed E-state index contributed by atoms with van der Waals surface area (Å²) < 4.78 is 1.77. The van der Waals surface area contributed by atoms with Gasteiger partial charge in [0.05, 0.1) is 22.2 Å². The van der Waals surface area contributed by atoms with Crippen LogP contribution in [-0.2, 0) is 7.05 Å². The second-order valence-corrected chi connectivity index (χ2v) is 9.27. The molecule has 0 spiro atoms. The zero-order chi connectivity index (χ0) is 21.8. The summed E-state index contributed by atoms with van der Waals surface area (Å²) in [4.78, 5) is 12.1. The Bertz CT molecular complexity index is 1330. The number of hydrogen-bond donors (Lipinski definition) is 2. The number of benzene rings is 1. The van der Waals surface area contributed by atoms with E-state index in [9.17, 15) is 5.11 Å². The summed E-state index contributed by atoms with van der Waals surface area (Å²) in [5.41, 5.74) is 4.75. The lowest BCUT2D eigenvalue weighted by Gasteiger charge is -2.30. The average Bonchev–Trinajstić information content (AvgIpc) is 3.39. The molecule has 4 heterocycles. The molecule has 1 aliphatic heterocycles. The summed E-state index contributed by atoms with van der Waals surface area (Å²) in [6.45, 7) is 3.94. The van der Waals surface area contributed by atoms with Gasteiger partial charge in [-0.25, -0.2) is 9.97 Å². The summed E-state index contributed by atoms with van der Waals surface area (Å²) in [5.74, 6) is 1.25. The predicted molar refractivity (Wildman–Crippen MR) is 127 cm³/mol. The molecule has 0 bridgehead atoms.